The van der Waals surface area contributed by atoms with Crippen molar-refractivity contribution in [3.63, 3.8) is 0 Å². The van der Waals surface area contributed by atoms with Gasteiger partial charge >= 0.3 is 0 Å². The Morgan fingerprint density at radius 1 is 1.12 bits per heavy atom. The van der Waals surface area contributed by atoms with Crippen molar-refractivity contribution in [2.75, 3.05) is 34.6 Å². The van der Waals surface area contributed by atoms with Crippen LogP contribution < -0.4 is 9.47 Å². The van der Waals surface area contributed by atoms with Crippen LogP contribution in [0.5, 0.6) is 11.5 Å². The Morgan fingerprint density at radius 3 is 2.41 bits per heavy atom. The van der Waals surface area contributed by atoms with E-state index < -0.39 is 0 Å². The Morgan fingerprint density at radius 2 is 1.82 bits per heavy atom. The van der Waals surface area contributed by atoms with E-state index >= 15 is 0 Å². The second kappa shape index (κ2) is 7.14. The van der Waals surface area contributed by atoms with E-state index in [1.807, 2.05) is 32.2 Å². The number of ether oxygens (including phenoxy) is 3. The van der Waals surface area contributed by atoms with Crippen LogP contribution in [0.15, 0.2) is 18.2 Å². The minimum absolute atomic E-state index is 0.630. The smallest absolute Gasteiger partial charge is 0.161 e. The predicted octanol–water partition coefficient (Wildman–Crippen LogP) is 2.13. The van der Waals surface area contributed by atoms with Gasteiger partial charge in [0.15, 0.2) is 11.5 Å². The third-order valence-electron chi connectivity index (χ3n) is 2.42. The van der Waals surface area contributed by atoms with E-state index in [0.29, 0.717) is 6.73 Å². The Hall–Kier alpha value is -1.26. The van der Waals surface area contributed by atoms with Gasteiger partial charge in [0, 0.05) is 13.2 Å². The largest absolute Gasteiger partial charge is 0.493 e. The monoisotopic (exact) mass is 239 g/mol. The molecular weight excluding hydrogens is 218 g/mol. The minimum Gasteiger partial charge on any atom is -0.493 e. The molecule has 0 saturated carbocycles. The standard InChI is InChI=1S/C13H21NO3/c1-5-17-10-14(2)9-11-6-7-12(15-3)13(8-11)16-4/h6-8H,5,9-10H2,1-4H3. The lowest BCUT2D eigenvalue weighted by atomic mass is 10.2. The van der Waals surface area contributed by atoms with Gasteiger partial charge in [0.05, 0.1) is 21.0 Å². The van der Waals surface area contributed by atoms with Crippen LogP contribution >= 0.6 is 0 Å². The lowest BCUT2D eigenvalue weighted by Crippen LogP contribution is -2.21. The van der Waals surface area contributed by atoms with E-state index in [1.54, 1.807) is 14.2 Å². The molecule has 0 bridgehead atoms. The van der Waals surface area contributed by atoms with Gasteiger partial charge in [0.2, 0.25) is 0 Å². The Balaban J connectivity index is 2.65. The summed E-state index contributed by atoms with van der Waals surface area (Å²) < 4.78 is 15.8. The highest BCUT2D eigenvalue weighted by molar-refractivity contribution is 5.42. The molecule has 4 nitrogen and oxygen atoms in total. The summed E-state index contributed by atoms with van der Waals surface area (Å²) in [6.45, 7) is 4.17. The summed E-state index contributed by atoms with van der Waals surface area (Å²) in [4.78, 5) is 2.10. The molecule has 0 N–H and O–H groups in total. The predicted molar refractivity (Wildman–Crippen MR) is 67.5 cm³/mol. The van der Waals surface area contributed by atoms with Gasteiger partial charge in [0.1, 0.15) is 0 Å². The van der Waals surface area contributed by atoms with Crippen LogP contribution in [-0.4, -0.2) is 39.5 Å². The van der Waals surface area contributed by atoms with E-state index in [2.05, 4.69) is 4.90 Å². The second-order valence-electron chi connectivity index (χ2n) is 3.83. The molecule has 0 amide bonds. The van der Waals surface area contributed by atoms with Crippen LogP contribution in [0.1, 0.15) is 12.5 Å². The van der Waals surface area contributed by atoms with Gasteiger partial charge in [-0.3, -0.25) is 4.90 Å². The maximum atomic E-state index is 5.34. The molecule has 0 radical (unpaired) electrons. The quantitative estimate of drug-likeness (QED) is 0.682. The molecule has 17 heavy (non-hydrogen) atoms. The van der Waals surface area contributed by atoms with Crippen molar-refractivity contribution in [3.05, 3.63) is 23.8 Å². The molecule has 0 unspecified atom stereocenters. The number of rotatable bonds is 7. The molecule has 0 atom stereocenters. The van der Waals surface area contributed by atoms with Crippen LogP contribution in [0.25, 0.3) is 0 Å². The Bertz CT molecular complexity index is 341. The first-order valence-electron chi connectivity index (χ1n) is 5.68. The fourth-order valence-electron chi connectivity index (χ4n) is 1.58. The molecule has 96 valence electrons. The molecule has 0 saturated heterocycles. The first-order chi connectivity index (χ1) is 8.21. The fourth-order valence-corrected chi connectivity index (χ4v) is 1.58. The van der Waals surface area contributed by atoms with E-state index in [1.165, 1.54) is 5.56 Å². The van der Waals surface area contributed by atoms with E-state index in [-0.39, 0.29) is 0 Å². The van der Waals surface area contributed by atoms with Crippen molar-refractivity contribution in [1.82, 2.24) is 4.90 Å². The van der Waals surface area contributed by atoms with Crippen molar-refractivity contribution in [2.24, 2.45) is 0 Å². The fraction of sp³-hybridized carbons (Fsp3) is 0.538. The van der Waals surface area contributed by atoms with Crippen molar-refractivity contribution in [1.29, 1.82) is 0 Å². The zero-order valence-corrected chi connectivity index (χ0v) is 11.0. The van der Waals surface area contributed by atoms with Gasteiger partial charge in [-0.15, -0.1) is 0 Å². The molecule has 1 rings (SSSR count). The van der Waals surface area contributed by atoms with Gasteiger partial charge in [-0.1, -0.05) is 6.07 Å². The van der Waals surface area contributed by atoms with Crippen molar-refractivity contribution in [3.8, 4) is 11.5 Å². The van der Waals surface area contributed by atoms with Crippen molar-refractivity contribution < 1.29 is 14.2 Å². The first kappa shape index (κ1) is 13.8. The zero-order chi connectivity index (χ0) is 12.7. The third kappa shape index (κ3) is 4.24. The topological polar surface area (TPSA) is 30.9 Å². The minimum atomic E-state index is 0.630. The van der Waals surface area contributed by atoms with Gasteiger partial charge in [-0.05, 0) is 31.7 Å². The number of methoxy groups -OCH3 is 2. The highest BCUT2D eigenvalue weighted by atomic mass is 16.5. The van der Waals surface area contributed by atoms with Crippen LogP contribution in [0.4, 0.5) is 0 Å². The summed E-state index contributed by atoms with van der Waals surface area (Å²) in [5, 5.41) is 0. The summed E-state index contributed by atoms with van der Waals surface area (Å²) >= 11 is 0. The zero-order valence-electron chi connectivity index (χ0n) is 11.0. The van der Waals surface area contributed by atoms with Crippen molar-refractivity contribution in [2.45, 2.75) is 13.5 Å². The molecule has 0 aliphatic rings. The molecule has 0 fully saturated rings. The number of benzene rings is 1. The third-order valence-corrected chi connectivity index (χ3v) is 2.42. The molecule has 1 aromatic rings. The number of hydrogen-bond acceptors (Lipinski definition) is 4. The van der Waals surface area contributed by atoms with E-state index in [9.17, 15) is 0 Å². The van der Waals surface area contributed by atoms with Crippen molar-refractivity contribution >= 4 is 0 Å². The second-order valence-corrected chi connectivity index (χ2v) is 3.83. The van der Waals surface area contributed by atoms with Crippen LogP contribution in [0.3, 0.4) is 0 Å². The normalized spacial score (nSPS) is 10.6. The maximum Gasteiger partial charge on any atom is 0.161 e. The molecular formula is C13H21NO3. The van der Waals surface area contributed by atoms with Crippen LogP contribution in [0, 0.1) is 0 Å². The molecule has 0 heterocycles. The highest BCUT2D eigenvalue weighted by Gasteiger charge is 2.06. The van der Waals surface area contributed by atoms with Gasteiger partial charge < -0.3 is 14.2 Å². The molecule has 1 aromatic carbocycles. The first-order valence-corrected chi connectivity index (χ1v) is 5.68. The molecule has 0 aliphatic heterocycles. The van der Waals surface area contributed by atoms with E-state index in [4.69, 9.17) is 14.2 Å². The average Bonchev–Trinajstić information content (AvgIpc) is 2.36. The van der Waals surface area contributed by atoms with Gasteiger partial charge in [-0.25, -0.2) is 0 Å². The van der Waals surface area contributed by atoms with Gasteiger partial charge in [0.25, 0.3) is 0 Å². The lowest BCUT2D eigenvalue weighted by molar-refractivity contribution is 0.0467. The summed E-state index contributed by atoms with van der Waals surface area (Å²) in [5.41, 5.74) is 1.17. The molecule has 4 heteroatoms. The summed E-state index contributed by atoms with van der Waals surface area (Å²) in [7, 11) is 5.30. The Kier molecular flexibility index (Phi) is 5.80. The molecule has 0 spiro atoms. The Labute approximate surface area is 103 Å². The SMILES string of the molecule is CCOCN(C)Cc1ccc(OC)c(OC)c1. The van der Waals surface area contributed by atoms with Crippen LogP contribution in [0.2, 0.25) is 0 Å². The lowest BCUT2D eigenvalue weighted by Gasteiger charge is -2.17. The van der Waals surface area contributed by atoms with E-state index in [0.717, 1.165) is 24.7 Å². The maximum absolute atomic E-state index is 5.34. The van der Waals surface area contributed by atoms with Gasteiger partial charge in [-0.2, -0.15) is 0 Å². The molecule has 0 aromatic heterocycles. The summed E-state index contributed by atoms with van der Waals surface area (Å²) in [6.07, 6.45) is 0. The summed E-state index contributed by atoms with van der Waals surface area (Å²) in [6, 6.07) is 5.94. The van der Waals surface area contributed by atoms with Crippen LogP contribution in [-0.2, 0) is 11.3 Å². The molecule has 0 aliphatic carbocycles. The number of nitrogens with zero attached hydrogens (tertiary/aromatic N) is 1. The number of hydrogen-bond donors (Lipinski definition) is 0. The average molecular weight is 239 g/mol. The highest BCUT2D eigenvalue weighted by Crippen LogP contribution is 2.27. The summed E-state index contributed by atoms with van der Waals surface area (Å²) in [5.74, 6) is 1.51.